The van der Waals surface area contributed by atoms with Crippen LogP contribution in [0.1, 0.15) is 53.6 Å². The molecule has 0 spiro atoms. The van der Waals surface area contributed by atoms with E-state index in [0.717, 1.165) is 38.4 Å². The Balaban J connectivity index is 0.00000176. The largest absolute Gasteiger partial charge is 0.489 e. The predicted octanol–water partition coefficient (Wildman–Crippen LogP) is 8.57. The third-order valence-electron chi connectivity index (χ3n) is 5.51. The zero-order chi connectivity index (χ0) is 26.1. The molecule has 0 fully saturated rings. The molecule has 0 bridgehead atoms. The predicted molar refractivity (Wildman–Crippen MR) is 151 cm³/mol. The lowest BCUT2D eigenvalue weighted by Crippen LogP contribution is -2.08. The van der Waals surface area contributed by atoms with Gasteiger partial charge in [0.1, 0.15) is 12.4 Å². The van der Waals surface area contributed by atoms with Gasteiger partial charge in [0.05, 0.1) is 12.2 Å². The van der Waals surface area contributed by atoms with Gasteiger partial charge in [0.15, 0.2) is 0 Å². The molecule has 3 aromatic carbocycles. The number of halogens is 2. The number of ether oxygens (including phenoxy) is 2. The summed E-state index contributed by atoms with van der Waals surface area (Å²) >= 11 is 9.90. The molecular formula is C30H31BrClNO3. The Morgan fingerprint density at radius 1 is 0.944 bits per heavy atom. The van der Waals surface area contributed by atoms with Crippen molar-refractivity contribution in [2.24, 2.45) is 0 Å². The van der Waals surface area contributed by atoms with Gasteiger partial charge >= 0.3 is 5.97 Å². The first-order valence-corrected chi connectivity index (χ1v) is 13.2. The van der Waals surface area contributed by atoms with E-state index in [4.69, 9.17) is 21.1 Å². The summed E-state index contributed by atoms with van der Waals surface area (Å²) in [5.41, 5.74) is 5.58. The molecule has 0 saturated heterocycles. The van der Waals surface area contributed by atoms with Crippen molar-refractivity contribution in [1.29, 1.82) is 0 Å². The van der Waals surface area contributed by atoms with Gasteiger partial charge in [0, 0.05) is 44.1 Å². The van der Waals surface area contributed by atoms with Crippen LogP contribution in [0.3, 0.4) is 0 Å². The molecule has 1 aromatic heterocycles. The summed E-state index contributed by atoms with van der Waals surface area (Å²) in [6.45, 7) is 8.59. The van der Waals surface area contributed by atoms with Gasteiger partial charge in [0.2, 0.25) is 0 Å². The zero-order valence-electron chi connectivity index (χ0n) is 21.1. The number of aromatic nitrogens is 1. The van der Waals surface area contributed by atoms with E-state index < -0.39 is 0 Å². The first kappa shape index (κ1) is 27.6. The SMILES string of the molecule is CC.CCOC(=O)c1cccc(-n2c(C)ccc2Cc2cc(Br)ccc2OCc2ccccc2Cl)c1. The molecule has 0 aliphatic carbocycles. The van der Waals surface area contributed by atoms with Crippen LogP contribution in [0.5, 0.6) is 5.75 Å². The van der Waals surface area contributed by atoms with Gasteiger partial charge in [-0.25, -0.2) is 4.79 Å². The minimum absolute atomic E-state index is 0.321. The highest BCUT2D eigenvalue weighted by atomic mass is 79.9. The third kappa shape index (κ3) is 6.80. The van der Waals surface area contributed by atoms with Crippen LogP contribution in [0.2, 0.25) is 5.02 Å². The molecular weight excluding hydrogens is 538 g/mol. The number of nitrogens with zero attached hydrogens (tertiary/aromatic N) is 1. The van der Waals surface area contributed by atoms with E-state index in [9.17, 15) is 4.79 Å². The van der Waals surface area contributed by atoms with E-state index in [2.05, 4.69) is 45.6 Å². The van der Waals surface area contributed by atoms with Crippen molar-refractivity contribution in [2.75, 3.05) is 6.61 Å². The smallest absolute Gasteiger partial charge is 0.338 e. The monoisotopic (exact) mass is 567 g/mol. The minimum Gasteiger partial charge on any atom is -0.489 e. The second-order valence-electron chi connectivity index (χ2n) is 7.88. The Bertz CT molecular complexity index is 1320. The second kappa shape index (κ2) is 13.3. The summed E-state index contributed by atoms with van der Waals surface area (Å²) in [6, 6.07) is 25.4. The Kier molecular flexibility index (Phi) is 10.2. The highest BCUT2D eigenvalue weighted by molar-refractivity contribution is 9.10. The maximum Gasteiger partial charge on any atom is 0.338 e. The van der Waals surface area contributed by atoms with Crippen LogP contribution in [0.25, 0.3) is 5.69 Å². The second-order valence-corrected chi connectivity index (χ2v) is 9.20. The van der Waals surface area contributed by atoms with Crippen molar-refractivity contribution in [3.63, 3.8) is 0 Å². The Morgan fingerprint density at radius 3 is 2.47 bits per heavy atom. The van der Waals surface area contributed by atoms with Crippen LogP contribution >= 0.6 is 27.5 Å². The lowest BCUT2D eigenvalue weighted by molar-refractivity contribution is 0.0526. The molecule has 0 amide bonds. The van der Waals surface area contributed by atoms with Crippen molar-refractivity contribution in [3.05, 3.63) is 116 Å². The first-order chi connectivity index (χ1) is 17.5. The highest BCUT2D eigenvalue weighted by Gasteiger charge is 2.14. The molecule has 6 heteroatoms. The average Bonchev–Trinajstić information content (AvgIpc) is 3.25. The number of aryl methyl sites for hydroxylation is 1. The van der Waals surface area contributed by atoms with Crippen molar-refractivity contribution < 1.29 is 14.3 Å². The number of carbonyl (C=O) groups is 1. The number of carbonyl (C=O) groups excluding carboxylic acids is 1. The molecule has 188 valence electrons. The van der Waals surface area contributed by atoms with Gasteiger partial charge in [-0.15, -0.1) is 0 Å². The fourth-order valence-corrected chi connectivity index (χ4v) is 4.48. The summed E-state index contributed by atoms with van der Waals surface area (Å²) < 4.78 is 14.5. The number of benzene rings is 3. The quantitative estimate of drug-likeness (QED) is 0.200. The Labute approximate surface area is 227 Å². The molecule has 0 radical (unpaired) electrons. The van der Waals surface area contributed by atoms with E-state index >= 15 is 0 Å². The fraction of sp³-hybridized carbons (Fsp3) is 0.233. The molecule has 4 aromatic rings. The van der Waals surface area contributed by atoms with Crippen molar-refractivity contribution in [3.8, 4) is 11.4 Å². The van der Waals surface area contributed by atoms with E-state index in [0.29, 0.717) is 30.2 Å². The summed E-state index contributed by atoms with van der Waals surface area (Å²) in [5, 5.41) is 0.687. The zero-order valence-corrected chi connectivity index (χ0v) is 23.4. The van der Waals surface area contributed by atoms with Crippen molar-refractivity contribution >= 4 is 33.5 Å². The molecule has 0 aliphatic heterocycles. The van der Waals surface area contributed by atoms with Crippen LogP contribution in [0, 0.1) is 6.92 Å². The summed E-state index contributed by atoms with van der Waals surface area (Å²) in [4.78, 5) is 12.3. The molecule has 4 rings (SSSR count). The third-order valence-corrected chi connectivity index (χ3v) is 6.37. The lowest BCUT2D eigenvalue weighted by atomic mass is 10.1. The highest BCUT2D eigenvalue weighted by Crippen LogP contribution is 2.29. The first-order valence-electron chi connectivity index (χ1n) is 12.1. The number of rotatable bonds is 8. The molecule has 0 aliphatic rings. The molecule has 36 heavy (non-hydrogen) atoms. The lowest BCUT2D eigenvalue weighted by Gasteiger charge is -2.16. The van der Waals surface area contributed by atoms with Crippen LogP contribution < -0.4 is 4.74 Å². The summed E-state index contributed by atoms with van der Waals surface area (Å²) in [6.07, 6.45) is 0.648. The van der Waals surface area contributed by atoms with E-state index in [1.807, 2.05) is 68.4 Å². The molecule has 0 unspecified atom stereocenters. The van der Waals surface area contributed by atoms with Gasteiger partial charge < -0.3 is 14.0 Å². The molecule has 0 N–H and O–H groups in total. The van der Waals surface area contributed by atoms with E-state index in [1.54, 1.807) is 13.0 Å². The molecule has 0 atom stereocenters. The standard InChI is InChI=1S/C28H25BrClNO3.C2H6/c1-3-33-28(32)20-8-6-9-24(16-20)31-19(2)11-13-25(31)17-22-15-23(29)12-14-27(22)34-18-21-7-4-5-10-26(21)30;1-2/h4-16H,3,17-18H2,1-2H3;1-2H3. The van der Waals surface area contributed by atoms with Gasteiger partial charge in [-0.1, -0.05) is 65.6 Å². The Morgan fingerprint density at radius 2 is 1.72 bits per heavy atom. The van der Waals surface area contributed by atoms with Crippen molar-refractivity contribution in [1.82, 2.24) is 4.57 Å². The van der Waals surface area contributed by atoms with Gasteiger partial charge in [-0.2, -0.15) is 0 Å². The summed E-state index contributed by atoms with van der Waals surface area (Å²) in [7, 11) is 0. The molecule has 4 nitrogen and oxygen atoms in total. The van der Waals surface area contributed by atoms with Crippen LogP contribution in [0.15, 0.2) is 83.3 Å². The molecule has 1 heterocycles. The topological polar surface area (TPSA) is 40.5 Å². The van der Waals surface area contributed by atoms with Gasteiger partial charge in [-0.05, 0) is 68.4 Å². The normalized spacial score (nSPS) is 10.4. The van der Waals surface area contributed by atoms with E-state index in [1.165, 1.54) is 0 Å². The van der Waals surface area contributed by atoms with Crippen LogP contribution in [-0.2, 0) is 17.8 Å². The number of esters is 1. The van der Waals surface area contributed by atoms with Gasteiger partial charge in [-0.3, -0.25) is 0 Å². The van der Waals surface area contributed by atoms with Crippen LogP contribution in [-0.4, -0.2) is 17.1 Å². The Hall–Kier alpha value is -3.02. The fourth-order valence-electron chi connectivity index (χ4n) is 3.88. The minimum atomic E-state index is -0.321. The molecule has 0 saturated carbocycles. The number of hydrogen-bond donors (Lipinski definition) is 0. The average molecular weight is 569 g/mol. The van der Waals surface area contributed by atoms with Crippen LogP contribution in [0.4, 0.5) is 0 Å². The number of hydrogen-bond acceptors (Lipinski definition) is 3. The maximum absolute atomic E-state index is 12.3. The summed E-state index contributed by atoms with van der Waals surface area (Å²) in [5.74, 6) is 0.478. The maximum atomic E-state index is 12.3. The van der Waals surface area contributed by atoms with Crippen molar-refractivity contribution in [2.45, 2.75) is 40.7 Å². The van der Waals surface area contributed by atoms with E-state index in [-0.39, 0.29) is 5.97 Å². The van der Waals surface area contributed by atoms with Gasteiger partial charge in [0.25, 0.3) is 0 Å².